The fourth-order valence-electron chi connectivity index (χ4n) is 2.66. The van der Waals surface area contributed by atoms with Gasteiger partial charge in [-0.25, -0.2) is 0 Å². The van der Waals surface area contributed by atoms with Crippen LogP contribution in [0.2, 0.25) is 5.02 Å². The first-order valence-electron chi connectivity index (χ1n) is 7.78. The minimum Gasteiger partial charge on any atom is -0.326 e. The zero-order chi connectivity index (χ0) is 19.7. The minimum atomic E-state index is -4.64. The fourth-order valence-corrected chi connectivity index (χ4v) is 4.08. The van der Waals surface area contributed by atoms with Crippen LogP contribution in [-0.2, 0) is 21.2 Å². The Kier molecular flexibility index (Phi) is 6.21. The Bertz CT molecular complexity index is 784. The molecule has 0 radical (unpaired) electrons. The van der Waals surface area contributed by atoms with Crippen LogP contribution < -0.4 is 5.32 Å². The normalized spacial score (nSPS) is 19.6. The van der Waals surface area contributed by atoms with Crippen LogP contribution in [0.15, 0.2) is 18.2 Å². The van der Waals surface area contributed by atoms with Gasteiger partial charge in [0.15, 0.2) is 0 Å². The van der Waals surface area contributed by atoms with Crippen molar-refractivity contribution in [3.8, 4) is 0 Å². The molecule has 0 saturated carbocycles. The molecule has 146 valence electrons. The van der Waals surface area contributed by atoms with E-state index in [1.807, 2.05) is 0 Å². The van der Waals surface area contributed by atoms with Gasteiger partial charge in [0.25, 0.3) is 10.2 Å². The number of amides is 1. The summed E-state index contributed by atoms with van der Waals surface area (Å²) in [5.41, 5.74) is -1.09. The van der Waals surface area contributed by atoms with Gasteiger partial charge < -0.3 is 5.32 Å². The Morgan fingerprint density at radius 3 is 2.58 bits per heavy atom. The van der Waals surface area contributed by atoms with Gasteiger partial charge in [-0.3, -0.25) is 4.79 Å². The predicted molar refractivity (Wildman–Crippen MR) is 92.0 cm³/mol. The maximum Gasteiger partial charge on any atom is 0.417 e. The number of nitrogens with zero attached hydrogens (tertiary/aromatic N) is 2. The third-order valence-electron chi connectivity index (χ3n) is 4.08. The lowest BCUT2D eigenvalue weighted by Crippen LogP contribution is -2.47. The van der Waals surface area contributed by atoms with Gasteiger partial charge in [0.05, 0.1) is 16.5 Å². The van der Waals surface area contributed by atoms with Crippen molar-refractivity contribution in [1.82, 2.24) is 8.61 Å². The Labute approximate surface area is 155 Å². The van der Waals surface area contributed by atoms with E-state index < -0.39 is 38.8 Å². The van der Waals surface area contributed by atoms with Crippen LogP contribution in [0.25, 0.3) is 0 Å². The number of carbonyl (C=O) groups excluding carboxylic acids is 1. The zero-order valence-electron chi connectivity index (χ0n) is 14.2. The van der Waals surface area contributed by atoms with Crippen LogP contribution in [0.1, 0.15) is 18.4 Å². The van der Waals surface area contributed by atoms with Crippen LogP contribution in [-0.4, -0.2) is 50.1 Å². The van der Waals surface area contributed by atoms with Crippen molar-refractivity contribution >= 4 is 33.4 Å². The number of anilines is 1. The standard InChI is InChI=1S/C15H19ClF3N3O3S/c1-21(2)26(24,25)22-7-3-4-10(9-22)14(23)20-11-5-6-13(16)12(8-11)15(17,18)19/h5-6,8,10H,3-4,7,9H2,1-2H3,(H,20,23)/t10-/m1/s1. The summed E-state index contributed by atoms with van der Waals surface area (Å²) in [6.45, 7) is 0.273. The van der Waals surface area contributed by atoms with E-state index in [4.69, 9.17) is 11.6 Å². The van der Waals surface area contributed by atoms with Crippen LogP contribution in [0.5, 0.6) is 0 Å². The summed E-state index contributed by atoms with van der Waals surface area (Å²) in [4.78, 5) is 12.4. The highest BCUT2D eigenvalue weighted by atomic mass is 35.5. The van der Waals surface area contributed by atoms with Gasteiger partial charge in [-0.1, -0.05) is 11.6 Å². The molecule has 11 heteroatoms. The molecule has 1 fully saturated rings. The lowest BCUT2D eigenvalue weighted by atomic mass is 9.98. The summed E-state index contributed by atoms with van der Waals surface area (Å²) >= 11 is 5.55. The van der Waals surface area contributed by atoms with Crippen LogP contribution in [0.3, 0.4) is 0 Å². The molecule has 0 spiro atoms. The second-order valence-electron chi connectivity index (χ2n) is 6.17. The Morgan fingerprint density at radius 1 is 1.35 bits per heavy atom. The first-order valence-corrected chi connectivity index (χ1v) is 9.55. The first kappa shape index (κ1) is 20.9. The predicted octanol–water partition coefficient (Wildman–Crippen LogP) is 2.82. The number of carbonyl (C=O) groups is 1. The summed E-state index contributed by atoms with van der Waals surface area (Å²) in [6, 6.07) is 3.09. The molecule has 1 aromatic rings. The number of alkyl halides is 3. The molecule has 0 unspecified atom stereocenters. The molecule has 0 aliphatic carbocycles. The smallest absolute Gasteiger partial charge is 0.326 e. The van der Waals surface area contributed by atoms with Crippen molar-refractivity contribution in [2.45, 2.75) is 19.0 Å². The molecule has 1 amide bonds. The lowest BCUT2D eigenvalue weighted by Gasteiger charge is -2.32. The average molecular weight is 414 g/mol. The molecule has 1 saturated heterocycles. The van der Waals surface area contributed by atoms with Crippen molar-refractivity contribution in [2.24, 2.45) is 5.92 Å². The second-order valence-corrected chi connectivity index (χ2v) is 8.72. The van der Waals surface area contributed by atoms with E-state index >= 15 is 0 Å². The highest BCUT2D eigenvalue weighted by Crippen LogP contribution is 2.36. The average Bonchev–Trinajstić information content (AvgIpc) is 2.55. The fraction of sp³-hybridized carbons (Fsp3) is 0.533. The largest absolute Gasteiger partial charge is 0.417 e. The van der Waals surface area contributed by atoms with Crippen LogP contribution in [0.4, 0.5) is 18.9 Å². The van der Waals surface area contributed by atoms with Crippen LogP contribution >= 0.6 is 11.6 Å². The molecular weight excluding hydrogens is 395 g/mol. The third kappa shape index (κ3) is 4.67. The molecular formula is C15H19ClF3N3O3S. The van der Waals surface area contributed by atoms with Crippen molar-refractivity contribution in [3.63, 3.8) is 0 Å². The molecule has 0 bridgehead atoms. The molecule has 1 heterocycles. The monoisotopic (exact) mass is 413 g/mol. The molecule has 0 aromatic heterocycles. The van der Waals surface area contributed by atoms with E-state index in [9.17, 15) is 26.4 Å². The van der Waals surface area contributed by atoms with Gasteiger partial charge in [0, 0.05) is 32.9 Å². The van der Waals surface area contributed by atoms with E-state index in [-0.39, 0.29) is 12.2 Å². The number of piperidine rings is 1. The molecule has 6 nitrogen and oxygen atoms in total. The maximum atomic E-state index is 12.9. The zero-order valence-corrected chi connectivity index (χ0v) is 15.7. The summed E-state index contributed by atoms with van der Waals surface area (Å²) in [7, 11) is -0.862. The maximum absolute atomic E-state index is 12.9. The molecule has 1 aliphatic rings. The van der Waals surface area contributed by atoms with E-state index in [1.165, 1.54) is 24.5 Å². The SMILES string of the molecule is CN(C)S(=O)(=O)N1CCC[C@@H](C(=O)Nc2ccc(Cl)c(C(F)(F)F)c2)C1. The summed E-state index contributed by atoms with van der Waals surface area (Å²) < 4.78 is 65.3. The summed E-state index contributed by atoms with van der Waals surface area (Å²) in [6.07, 6.45) is -3.70. The Balaban J connectivity index is 2.13. The second kappa shape index (κ2) is 7.71. The van der Waals surface area contributed by atoms with Crippen molar-refractivity contribution in [1.29, 1.82) is 0 Å². The number of hydrogen-bond acceptors (Lipinski definition) is 3. The molecule has 1 aromatic carbocycles. The van der Waals surface area contributed by atoms with Crippen molar-refractivity contribution in [3.05, 3.63) is 28.8 Å². The quantitative estimate of drug-likeness (QED) is 0.825. The van der Waals surface area contributed by atoms with Gasteiger partial charge >= 0.3 is 6.18 Å². The number of hydrogen-bond donors (Lipinski definition) is 1. The Hall–Kier alpha value is -1.36. The number of rotatable bonds is 4. The highest BCUT2D eigenvalue weighted by molar-refractivity contribution is 7.86. The molecule has 26 heavy (non-hydrogen) atoms. The molecule has 1 N–H and O–H groups in total. The minimum absolute atomic E-state index is 0.0218. The van der Waals surface area contributed by atoms with Gasteiger partial charge in [-0.05, 0) is 31.0 Å². The Morgan fingerprint density at radius 2 is 2.00 bits per heavy atom. The lowest BCUT2D eigenvalue weighted by molar-refractivity contribution is -0.137. The van der Waals surface area contributed by atoms with E-state index in [0.29, 0.717) is 19.4 Å². The highest BCUT2D eigenvalue weighted by Gasteiger charge is 2.35. The van der Waals surface area contributed by atoms with Crippen LogP contribution in [0, 0.1) is 5.92 Å². The van der Waals surface area contributed by atoms with E-state index in [1.54, 1.807) is 0 Å². The van der Waals surface area contributed by atoms with Gasteiger partial charge in [0.1, 0.15) is 0 Å². The number of benzene rings is 1. The molecule has 2 rings (SSSR count). The third-order valence-corrected chi connectivity index (χ3v) is 6.32. The molecule has 1 aliphatic heterocycles. The number of halogens is 4. The van der Waals surface area contributed by atoms with Gasteiger partial charge in [-0.15, -0.1) is 0 Å². The van der Waals surface area contributed by atoms with Crippen molar-refractivity contribution in [2.75, 3.05) is 32.5 Å². The molecule has 1 atom stereocenters. The van der Waals surface area contributed by atoms with Gasteiger partial charge in [0.2, 0.25) is 5.91 Å². The van der Waals surface area contributed by atoms with Gasteiger partial charge in [-0.2, -0.15) is 30.2 Å². The summed E-state index contributed by atoms with van der Waals surface area (Å²) in [5.74, 6) is -1.18. The summed E-state index contributed by atoms with van der Waals surface area (Å²) in [5, 5.41) is 1.96. The number of nitrogens with one attached hydrogen (secondary N) is 1. The van der Waals surface area contributed by atoms with E-state index in [2.05, 4.69) is 5.32 Å². The topological polar surface area (TPSA) is 69.7 Å². The first-order chi connectivity index (χ1) is 11.9. The van der Waals surface area contributed by atoms with E-state index in [0.717, 1.165) is 16.4 Å². The van der Waals surface area contributed by atoms with Crippen molar-refractivity contribution < 1.29 is 26.4 Å².